The molecule has 162 valence electrons. The number of carbonyl (C=O) groups is 2. The van der Waals surface area contributed by atoms with Crippen molar-refractivity contribution in [3.63, 3.8) is 0 Å². The number of anilines is 1. The van der Waals surface area contributed by atoms with Crippen molar-refractivity contribution in [3.8, 4) is 11.8 Å². The third-order valence-electron chi connectivity index (χ3n) is 5.36. The lowest BCUT2D eigenvalue weighted by Crippen LogP contribution is -2.28. The van der Waals surface area contributed by atoms with Crippen LogP contribution in [0, 0.1) is 18.8 Å². The van der Waals surface area contributed by atoms with Gasteiger partial charge in [-0.25, -0.2) is 4.98 Å². The monoisotopic (exact) mass is 447 g/mol. The average Bonchev–Trinajstić information content (AvgIpc) is 3.41. The quantitative estimate of drug-likeness (QED) is 0.621. The van der Waals surface area contributed by atoms with Crippen molar-refractivity contribution < 1.29 is 9.59 Å². The third kappa shape index (κ3) is 4.66. The Balaban J connectivity index is 1.51. The third-order valence-corrected chi connectivity index (χ3v) is 5.63. The molecule has 4 rings (SSSR count). The number of hydrogen-bond donors (Lipinski definition) is 1. The van der Waals surface area contributed by atoms with Crippen molar-refractivity contribution in [2.24, 2.45) is 0 Å². The summed E-state index contributed by atoms with van der Waals surface area (Å²) in [4.78, 5) is 30.8. The van der Waals surface area contributed by atoms with E-state index in [9.17, 15) is 9.59 Å². The molecule has 1 fully saturated rings. The summed E-state index contributed by atoms with van der Waals surface area (Å²) in [7, 11) is 0. The molecular weight excluding hydrogens is 426 g/mol. The first-order valence-corrected chi connectivity index (χ1v) is 10.6. The number of rotatable bonds is 3. The molecule has 1 aromatic carbocycles. The van der Waals surface area contributed by atoms with Gasteiger partial charge in [0.25, 0.3) is 5.91 Å². The lowest BCUT2D eigenvalue weighted by molar-refractivity contribution is -0.127. The molecular formula is C24H22ClN5O2. The second-order valence-electron chi connectivity index (χ2n) is 7.65. The fraction of sp³-hybridized carbons (Fsp3) is 0.250. The molecule has 1 unspecified atom stereocenters. The molecule has 2 aromatic heterocycles. The van der Waals surface area contributed by atoms with Gasteiger partial charge >= 0.3 is 0 Å². The fourth-order valence-corrected chi connectivity index (χ4v) is 3.88. The molecule has 1 aliphatic heterocycles. The zero-order chi connectivity index (χ0) is 22.7. The molecule has 7 nitrogen and oxygen atoms in total. The first kappa shape index (κ1) is 21.6. The summed E-state index contributed by atoms with van der Waals surface area (Å²) in [5, 5.41) is 7.38. The van der Waals surface area contributed by atoms with Gasteiger partial charge in [0, 0.05) is 37.3 Å². The maximum Gasteiger partial charge on any atom is 0.276 e. The van der Waals surface area contributed by atoms with Crippen molar-refractivity contribution in [3.05, 3.63) is 76.2 Å². The van der Waals surface area contributed by atoms with Crippen LogP contribution < -0.4 is 5.32 Å². The normalized spacial score (nSPS) is 15.2. The molecule has 1 aliphatic rings. The number of likely N-dealkylation sites (tertiary alicyclic amines) is 1. The highest BCUT2D eigenvalue weighted by molar-refractivity contribution is 6.34. The van der Waals surface area contributed by atoms with Crippen LogP contribution in [-0.2, 0) is 4.79 Å². The van der Waals surface area contributed by atoms with E-state index >= 15 is 0 Å². The number of halogens is 1. The molecule has 2 amide bonds. The minimum atomic E-state index is -0.396. The van der Waals surface area contributed by atoms with Gasteiger partial charge in [-0.1, -0.05) is 41.6 Å². The Bertz CT molecular complexity index is 1230. The highest BCUT2D eigenvalue weighted by Gasteiger charge is 2.30. The number of benzene rings is 1. The fourth-order valence-electron chi connectivity index (χ4n) is 3.66. The number of carbonyl (C=O) groups excluding carboxylic acids is 2. The Hall–Kier alpha value is -3.63. The van der Waals surface area contributed by atoms with Gasteiger partial charge in [-0.15, -0.1) is 0 Å². The molecule has 1 N–H and O–H groups in total. The lowest BCUT2D eigenvalue weighted by atomic mass is 10.1. The van der Waals surface area contributed by atoms with E-state index in [0.717, 1.165) is 16.7 Å². The smallest absolute Gasteiger partial charge is 0.276 e. The zero-order valence-corrected chi connectivity index (χ0v) is 18.6. The van der Waals surface area contributed by atoms with Gasteiger partial charge in [0.15, 0.2) is 0 Å². The van der Waals surface area contributed by atoms with Crippen molar-refractivity contribution >= 4 is 29.2 Å². The number of pyridine rings is 1. The number of aryl methyl sites for hydroxylation is 1. The topological polar surface area (TPSA) is 80.1 Å². The SMILES string of the molecule is CC(=O)N1CCC(n2ncc(Cl)c2C(=O)Nc2ncc(C#Cc3ccccc3)cc2C)C1. The van der Waals surface area contributed by atoms with Gasteiger partial charge in [0.2, 0.25) is 5.91 Å². The summed E-state index contributed by atoms with van der Waals surface area (Å²) in [6.45, 7) is 4.52. The van der Waals surface area contributed by atoms with Crippen LogP contribution in [0.2, 0.25) is 5.02 Å². The summed E-state index contributed by atoms with van der Waals surface area (Å²) >= 11 is 6.28. The van der Waals surface area contributed by atoms with E-state index in [-0.39, 0.29) is 22.7 Å². The van der Waals surface area contributed by atoms with E-state index in [1.165, 1.54) is 13.1 Å². The highest BCUT2D eigenvalue weighted by atomic mass is 35.5. The molecule has 3 aromatic rings. The first-order chi connectivity index (χ1) is 15.4. The van der Waals surface area contributed by atoms with Crippen LogP contribution in [0.4, 0.5) is 5.82 Å². The number of hydrogen-bond acceptors (Lipinski definition) is 4. The van der Waals surface area contributed by atoms with E-state index in [2.05, 4.69) is 27.2 Å². The maximum absolute atomic E-state index is 13.0. The number of amides is 2. The molecule has 1 atom stereocenters. The summed E-state index contributed by atoms with van der Waals surface area (Å²) in [6, 6.07) is 11.5. The Morgan fingerprint density at radius 3 is 2.59 bits per heavy atom. The van der Waals surface area contributed by atoms with Crippen LogP contribution in [0.1, 0.15) is 46.6 Å². The summed E-state index contributed by atoms with van der Waals surface area (Å²) in [5.74, 6) is 6.22. The minimum absolute atomic E-state index is 0.00651. The van der Waals surface area contributed by atoms with E-state index < -0.39 is 5.91 Å². The number of nitrogens with one attached hydrogen (secondary N) is 1. The van der Waals surface area contributed by atoms with E-state index in [1.54, 1.807) is 15.8 Å². The van der Waals surface area contributed by atoms with E-state index in [0.29, 0.717) is 25.3 Å². The maximum atomic E-state index is 13.0. The number of nitrogens with zero attached hydrogens (tertiary/aromatic N) is 4. The number of aromatic nitrogens is 3. The predicted octanol–water partition coefficient (Wildman–Crippen LogP) is 3.69. The minimum Gasteiger partial charge on any atom is -0.341 e. The molecule has 32 heavy (non-hydrogen) atoms. The second-order valence-corrected chi connectivity index (χ2v) is 8.06. The van der Waals surface area contributed by atoms with Crippen molar-refractivity contribution in [2.45, 2.75) is 26.3 Å². The van der Waals surface area contributed by atoms with Crippen LogP contribution in [0.25, 0.3) is 0 Å². The average molecular weight is 448 g/mol. The van der Waals surface area contributed by atoms with Crippen LogP contribution in [-0.4, -0.2) is 44.6 Å². The summed E-state index contributed by atoms with van der Waals surface area (Å²) < 4.78 is 1.61. The first-order valence-electron chi connectivity index (χ1n) is 10.3. The van der Waals surface area contributed by atoms with E-state index in [4.69, 9.17) is 11.6 Å². The van der Waals surface area contributed by atoms with Gasteiger partial charge < -0.3 is 10.2 Å². The Labute approximate surface area is 191 Å². The van der Waals surface area contributed by atoms with Crippen molar-refractivity contribution in [1.82, 2.24) is 19.7 Å². The standard InChI is InChI=1S/C24H22ClN5O2/c1-16-12-19(9-8-18-6-4-3-5-7-18)13-26-23(16)28-24(32)22-21(25)14-27-30(22)20-10-11-29(15-20)17(2)31/h3-7,12-14,20H,10-11,15H2,1-2H3,(H,26,28,32). The van der Waals surface area contributed by atoms with Crippen molar-refractivity contribution in [1.29, 1.82) is 0 Å². The van der Waals surface area contributed by atoms with Crippen LogP contribution in [0.5, 0.6) is 0 Å². The van der Waals surface area contributed by atoms with Crippen LogP contribution in [0.3, 0.4) is 0 Å². The molecule has 0 aliphatic carbocycles. The van der Waals surface area contributed by atoms with E-state index in [1.807, 2.05) is 43.3 Å². The Kier molecular flexibility index (Phi) is 6.24. The molecule has 1 saturated heterocycles. The van der Waals surface area contributed by atoms with Crippen molar-refractivity contribution in [2.75, 3.05) is 18.4 Å². The highest BCUT2D eigenvalue weighted by Crippen LogP contribution is 2.27. The van der Waals surface area contributed by atoms with Gasteiger partial charge in [-0.2, -0.15) is 5.10 Å². The molecule has 3 heterocycles. The van der Waals surface area contributed by atoms with Gasteiger partial charge in [-0.05, 0) is 37.1 Å². The summed E-state index contributed by atoms with van der Waals surface area (Å²) in [5.41, 5.74) is 2.71. The van der Waals surface area contributed by atoms with Crippen LogP contribution in [0.15, 0.2) is 48.8 Å². The molecule has 0 bridgehead atoms. The molecule has 0 spiro atoms. The molecule has 0 saturated carbocycles. The molecule has 8 heteroatoms. The lowest BCUT2D eigenvalue weighted by Gasteiger charge is -2.16. The Morgan fingerprint density at radius 2 is 1.91 bits per heavy atom. The second kappa shape index (κ2) is 9.25. The van der Waals surface area contributed by atoms with Crippen LogP contribution >= 0.6 is 11.6 Å². The van der Waals surface area contributed by atoms with Gasteiger partial charge in [-0.3, -0.25) is 14.3 Å². The molecule has 0 radical (unpaired) electrons. The zero-order valence-electron chi connectivity index (χ0n) is 17.8. The predicted molar refractivity (Wildman–Crippen MR) is 122 cm³/mol. The Morgan fingerprint density at radius 1 is 1.16 bits per heavy atom. The largest absolute Gasteiger partial charge is 0.341 e. The summed E-state index contributed by atoms with van der Waals surface area (Å²) in [6.07, 6.45) is 3.79. The van der Waals surface area contributed by atoms with Gasteiger partial charge in [0.05, 0.1) is 17.3 Å². The van der Waals surface area contributed by atoms with Gasteiger partial charge in [0.1, 0.15) is 11.5 Å².